The minimum atomic E-state index is -1.47. The molecule has 1 saturated carbocycles. The van der Waals surface area contributed by atoms with Gasteiger partial charge in [0, 0.05) is 24.1 Å². The second-order valence-corrected chi connectivity index (χ2v) is 14.4. The monoisotopic (exact) mass is 695 g/mol. The van der Waals surface area contributed by atoms with Gasteiger partial charge in [0.25, 0.3) is 11.8 Å². The van der Waals surface area contributed by atoms with Gasteiger partial charge in [-0.05, 0) is 61.4 Å². The number of hydrazine groups is 1. The summed E-state index contributed by atoms with van der Waals surface area (Å²) in [4.78, 5) is 59.2. The molecule has 0 aromatic heterocycles. The number of hydrogen-bond donors (Lipinski definition) is 2. The fraction of sp³-hybridized carbons (Fsp3) is 0.302. The van der Waals surface area contributed by atoms with E-state index in [1.54, 1.807) is 18.2 Å². The van der Waals surface area contributed by atoms with Gasteiger partial charge < -0.3 is 9.84 Å². The van der Waals surface area contributed by atoms with Crippen LogP contribution in [-0.2, 0) is 31.2 Å². The van der Waals surface area contributed by atoms with Gasteiger partial charge in [-0.15, -0.1) is 0 Å². The first-order valence-corrected chi connectivity index (χ1v) is 18.1. The molecule has 4 aliphatic rings. The zero-order valence-electron chi connectivity index (χ0n) is 29.2. The predicted octanol–water partition coefficient (Wildman–Crippen LogP) is 6.67. The highest BCUT2D eigenvalue weighted by atomic mass is 16.5. The lowest BCUT2D eigenvalue weighted by atomic mass is 9.49. The van der Waals surface area contributed by atoms with Crippen molar-refractivity contribution in [3.63, 3.8) is 0 Å². The van der Waals surface area contributed by atoms with Crippen molar-refractivity contribution in [2.24, 2.45) is 23.7 Å². The SMILES string of the molecule is CCCN1C(=O)C2CC=C3C(CC4C(=O)N(Nc5ccc(C)cc5)C(=O)C4(c4ccccc4)C3c3ccc(OCc4ccccc4)cc3O)C2C1=O. The van der Waals surface area contributed by atoms with Gasteiger partial charge in [-0.1, -0.05) is 103 Å². The molecule has 2 N–H and O–H groups in total. The van der Waals surface area contributed by atoms with Crippen LogP contribution in [0.2, 0.25) is 0 Å². The summed E-state index contributed by atoms with van der Waals surface area (Å²) in [7, 11) is 0. The number of carbonyl (C=O) groups excluding carboxylic acids is 4. The van der Waals surface area contributed by atoms with Gasteiger partial charge in [-0.25, -0.2) is 0 Å². The van der Waals surface area contributed by atoms with Gasteiger partial charge in [-0.2, -0.15) is 5.01 Å². The Bertz CT molecular complexity index is 2080. The molecule has 0 bridgehead atoms. The standard InChI is InChI=1S/C43H41N3O6/c1-3-22-45-39(48)33-21-20-31-34(37(33)41(45)50)24-35-40(49)46(44-29-16-14-26(2)15-17-29)42(51)43(35,28-12-8-5-9-13-28)38(31)32-19-18-30(23-36(32)47)52-25-27-10-6-4-7-11-27/h4-20,23,33-35,37-38,44,47H,3,21-22,24-25H2,1-2H3. The van der Waals surface area contributed by atoms with Gasteiger partial charge in [0.1, 0.15) is 18.1 Å². The first-order valence-electron chi connectivity index (χ1n) is 18.1. The van der Waals surface area contributed by atoms with Crippen LogP contribution in [0.4, 0.5) is 5.69 Å². The van der Waals surface area contributed by atoms with Crippen molar-refractivity contribution in [3.8, 4) is 11.5 Å². The summed E-state index contributed by atoms with van der Waals surface area (Å²) in [6.45, 7) is 4.53. The molecule has 0 spiro atoms. The summed E-state index contributed by atoms with van der Waals surface area (Å²) >= 11 is 0. The van der Waals surface area contributed by atoms with Crippen LogP contribution in [0.5, 0.6) is 11.5 Å². The number of amides is 4. The van der Waals surface area contributed by atoms with Gasteiger partial charge in [-0.3, -0.25) is 29.5 Å². The largest absolute Gasteiger partial charge is 0.508 e. The summed E-state index contributed by atoms with van der Waals surface area (Å²) in [5.74, 6) is -4.30. The highest BCUT2D eigenvalue weighted by molar-refractivity contribution is 6.13. The number of nitrogens with zero attached hydrogens (tertiary/aromatic N) is 2. The lowest BCUT2D eigenvalue weighted by Crippen LogP contribution is -2.53. The van der Waals surface area contributed by atoms with Crippen LogP contribution < -0.4 is 10.2 Å². The number of phenolic OH excluding ortho intramolecular Hbond substituents is 1. The van der Waals surface area contributed by atoms with Crippen molar-refractivity contribution in [2.75, 3.05) is 12.0 Å². The Hall–Kier alpha value is -5.70. The summed E-state index contributed by atoms with van der Waals surface area (Å²) in [6.07, 6.45) is 3.18. The Balaban J connectivity index is 1.29. The number of carbonyl (C=O) groups is 4. The number of phenols is 1. The van der Waals surface area contributed by atoms with E-state index < -0.39 is 46.8 Å². The number of allylic oxidation sites excluding steroid dienone is 2. The lowest BCUT2D eigenvalue weighted by Gasteiger charge is -2.50. The van der Waals surface area contributed by atoms with Gasteiger partial charge >= 0.3 is 0 Å². The molecule has 4 aromatic carbocycles. The van der Waals surface area contributed by atoms with Crippen LogP contribution in [0.1, 0.15) is 54.4 Å². The number of hydrogen-bond acceptors (Lipinski definition) is 7. The van der Waals surface area contributed by atoms with Crippen LogP contribution in [0.15, 0.2) is 115 Å². The van der Waals surface area contributed by atoms with Crippen LogP contribution in [0.3, 0.4) is 0 Å². The molecule has 3 fully saturated rings. The highest BCUT2D eigenvalue weighted by Gasteiger charge is 2.70. The minimum absolute atomic E-state index is 0.0834. The van der Waals surface area contributed by atoms with E-state index in [1.165, 1.54) is 4.90 Å². The normalized spacial score (nSPS) is 26.5. The number of nitrogens with one attached hydrogen (secondary N) is 1. The minimum Gasteiger partial charge on any atom is -0.508 e. The van der Waals surface area contributed by atoms with Crippen LogP contribution >= 0.6 is 0 Å². The predicted molar refractivity (Wildman–Crippen MR) is 195 cm³/mol. The topological polar surface area (TPSA) is 116 Å². The molecule has 8 rings (SSSR count). The van der Waals surface area contributed by atoms with E-state index >= 15 is 4.79 Å². The fourth-order valence-electron chi connectivity index (χ4n) is 9.20. The second-order valence-electron chi connectivity index (χ2n) is 14.4. The average molecular weight is 696 g/mol. The number of imide groups is 2. The summed E-state index contributed by atoms with van der Waals surface area (Å²) in [6, 6.07) is 31.6. The quantitative estimate of drug-likeness (QED) is 0.148. The zero-order chi connectivity index (χ0) is 36.1. The molecule has 6 atom stereocenters. The van der Waals surface area contributed by atoms with Crippen LogP contribution in [0, 0.1) is 30.6 Å². The van der Waals surface area contributed by atoms with E-state index in [2.05, 4.69) is 5.43 Å². The third-order valence-corrected chi connectivity index (χ3v) is 11.5. The maximum atomic E-state index is 15.3. The van der Waals surface area contributed by atoms with Gasteiger partial charge in [0.15, 0.2) is 0 Å². The number of likely N-dealkylation sites (tertiary alicyclic amines) is 1. The number of benzene rings is 4. The highest BCUT2D eigenvalue weighted by Crippen LogP contribution is 2.65. The molecule has 2 aliphatic carbocycles. The van der Waals surface area contributed by atoms with Crippen molar-refractivity contribution in [3.05, 3.63) is 137 Å². The van der Waals surface area contributed by atoms with Crippen LogP contribution in [-0.4, -0.2) is 45.2 Å². The van der Waals surface area contributed by atoms with Crippen molar-refractivity contribution < 1.29 is 29.0 Å². The molecule has 6 unspecified atom stereocenters. The Kier molecular flexibility index (Phi) is 8.44. The first kappa shape index (κ1) is 33.4. The third-order valence-electron chi connectivity index (χ3n) is 11.5. The molecule has 0 radical (unpaired) electrons. The number of ether oxygens (including phenoxy) is 1. The Morgan fingerprint density at radius 3 is 2.25 bits per heavy atom. The first-order chi connectivity index (χ1) is 25.2. The molecule has 9 heteroatoms. The smallest absolute Gasteiger partial charge is 0.260 e. The molecule has 4 amide bonds. The number of aryl methyl sites for hydroxylation is 1. The fourth-order valence-corrected chi connectivity index (χ4v) is 9.20. The van der Waals surface area contributed by atoms with E-state index in [0.29, 0.717) is 48.6 Å². The molecular weight excluding hydrogens is 654 g/mol. The molecular formula is C43H41N3O6. The van der Waals surface area contributed by atoms with Crippen molar-refractivity contribution in [1.82, 2.24) is 9.91 Å². The third kappa shape index (κ3) is 5.21. The van der Waals surface area contributed by atoms with Gasteiger partial charge in [0.05, 0.1) is 28.9 Å². The number of anilines is 1. The molecule has 9 nitrogen and oxygen atoms in total. The maximum Gasteiger partial charge on any atom is 0.260 e. The van der Waals surface area contributed by atoms with E-state index in [-0.39, 0.29) is 24.0 Å². The van der Waals surface area contributed by atoms with Crippen LogP contribution in [0.25, 0.3) is 0 Å². The Morgan fingerprint density at radius 1 is 0.846 bits per heavy atom. The summed E-state index contributed by atoms with van der Waals surface area (Å²) in [5.41, 5.74) is 6.13. The van der Waals surface area contributed by atoms with E-state index in [9.17, 15) is 19.5 Å². The summed E-state index contributed by atoms with van der Waals surface area (Å²) in [5, 5.41) is 13.1. The molecule has 2 saturated heterocycles. The van der Waals surface area contributed by atoms with E-state index in [4.69, 9.17) is 4.74 Å². The number of fused-ring (bicyclic) bond motifs is 4. The average Bonchev–Trinajstić information content (AvgIpc) is 3.53. The van der Waals surface area contributed by atoms with E-state index in [1.807, 2.05) is 105 Å². The number of aromatic hydroxyl groups is 1. The van der Waals surface area contributed by atoms with Gasteiger partial charge in [0.2, 0.25) is 11.8 Å². The van der Waals surface area contributed by atoms with E-state index in [0.717, 1.165) is 21.7 Å². The second kappa shape index (κ2) is 13.1. The molecule has 4 aromatic rings. The van der Waals surface area contributed by atoms with Crippen molar-refractivity contribution in [1.29, 1.82) is 0 Å². The lowest BCUT2D eigenvalue weighted by molar-refractivity contribution is -0.141. The molecule has 52 heavy (non-hydrogen) atoms. The molecule has 2 heterocycles. The number of rotatable bonds is 9. The molecule has 264 valence electrons. The molecule has 2 aliphatic heterocycles. The van der Waals surface area contributed by atoms with Crippen molar-refractivity contribution in [2.45, 2.75) is 51.0 Å². The Labute approximate surface area is 302 Å². The Morgan fingerprint density at radius 2 is 1.56 bits per heavy atom. The summed E-state index contributed by atoms with van der Waals surface area (Å²) < 4.78 is 6.06. The zero-order valence-corrected chi connectivity index (χ0v) is 29.2. The van der Waals surface area contributed by atoms with Crippen molar-refractivity contribution >= 4 is 29.3 Å². The maximum absolute atomic E-state index is 15.3.